The van der Waals surface area contributed by atoms with Crippen molar-refractivity contribution in [1.82, 2.24) is 5.32 Å². The van der Waals surface area contributed by atoms with Crippen LogP contribution >= 0.6 is 0 Å². The van der Waals surface area contributed by atoms with Gasteiger partial charge in [-0.15, -0.1) is 0 Å². The van der Waals surface area contributed by atoms with Gasteiger partial charge in [-0.2, -0.15) is 0 Å². The molecule has 1 unspecified atom stereocenters. The van der Waals surface area contributed by atoms with Gasteiger partial charge in [-0.25, -0.2) is 4.79 Å². The smallest absolute Gasteiger partial charge is 0.330 e. The number of esters is 1. The molecule has 0 aromatic rings. The van der Waals surface area contributed by atoms with Crippen molar-refractivity contribution in [3.05, 3.63) is 11.6 Å². The van der Waals surface area contributed by atoms with Gasteiger partial charge in [-0.1, -0.05) is 26.3 Å². The largest absolute Gasteiger partial charge is 0.461 e. The first kappa shape index (κ1) is 16.2. The monoisotopic (exact) mass is 241 g/mol. The molecule has 0 amide bonds. The molecule has 0 spiro atoms. The Labute approximate surface area is 106 Å². The van der Waals surface area contributed by atoms with Crippen LogP contribution in [0.1, 0.15) is 47.5 Å². The van der Waals surface area contributed by atoms with Crippen LogP contribution in [-0.4, -0.2) is 25.2 Å². The fourth-order valence-electron chi connectivity index (χ4n) is 1.36. The Morgan fingerprint density at radius 2 is 2.00 bits per heavy atom. The van der Waals surface area contributed by atoms with E-state index in [1.807, 2.05) is 13.8 Å². The quantitative estimate of drug-likeness (QED) is 0.524. The number of hydrogen-bond donors (Lipinski definition) is 1. The van der Waals surface area contributed by atoms with Gasteiger partial charge in [0.25, 0.3) is 0 Å². The average Bonchev–Trinajstić information content (AvgIpc) is 2.21. The fraction of sp³-hybridized carbons (Fsp3) is 0.786. The Balaban J connectivity index is 3.82. The van der Waals surface area contributed by atoms with Crippen molar-refractivity contribution in [2.24, 2.45) is 5.92 Å². The van der Waals surface area contributed by atoms with E-state index < -0.39 is 0 Å². The van der Waals surface area contributed by atoms with Gasteiger partial charge < -0.3 is 10.1 Å². The SMILES string of the molecule is CCC(COC(=O)C=C(C)C)NCCC(C)C. The van der Waals surface area contributed by atoms with Gasteiger partial charge in [0.1, 0.15) is 6.61 Å². The maximum Gasteiger partial charge on any atom is 0.330 e. The highest BCUT2D eigenvalue weighted by atomic mass is 16.5. The Morgan fingerprint density at radius 1 is 1.35 bits per heavy atom. The summed E-state index contributed by atoms with van der Waals surface area (Å²) in [6.45, 7) is 11.7. The lowest BCUT2D eigenvalue weighted by Gasteiger charge is -2.17. The summed E-state index contributed by atoms with van der Waals surface area (Å²) < 4.78 is 5.19. The molecule has 0 aromatic carbocycles. The van der Waals surface area contributed by atoms with Gasteiger partial charge >= 0.3 is 5.97 Å². The maximum absolute atomic E-state index is 11.3. The molecule has 3 heteroatoms. The average molecular weight is 241 g/mol. The Kier molecular flexibility index (Phi) is 8.78. The van der Waals surface area contributed by atoms with Gasteiger partial charge in [0.15, 0.2) is 0 Å². The molecule has 0 saturated carbocycles. The van der Waals surface area contributed by atoms with E-state index in [2.05, 4.69) is 26.1 Å². The molecule has 0 aliphatic carbocycles. The van der Waals surface area contributed by atoms with E-state index in [0.717, 1.165) is 25.0 Å². The molecule has 0 rings (SSSR count). The highest BCUT2D eigenvalue weighted by Crippen LogP contribution is 2.00. The topological polar surface area (TPSA) is 38.3 Å². The molecule has 1 atom stereocenters. The van der Waals surface area contributed by atoms with Gasteiger partial charge in [-0.05, 0) is 39.2 Å². The van der Waals surface area contributed by atoms with Gasteiger partial charge in [0, 0.05) is 12.1 Å². The highest BCUT2D eigenvalue weighted by Gasteiger charge is 2.08. The molecule has 0 heterocycles. The number of allylic oxidation sites excluding steroid dienone is 1. The van der Waals surface area contributed by atoms with Crippen molar-refractivity contribution < 1.29 is 9.53 Å². The summed E-state index contributed by atoms with van der Waals surface area (Å²) in [4.78, 5) is 11.3. The molecule has 0 radical (unpaired) electrons. The molecule has 17 heavy (non-hydrogen) atoms. The zero-order chi connectivity index (χ0) is 13.3. The van der Waals surface area contributed by atoms with Crippen LogP contribution in [0.2, 0.25) is 0 Å². The molecular formula is C14H27NO2. The van der Waals surface area contributed by atoms with Gasteiger partial charge in [0.2, 0.25) is 0 Å². The maximum atomic E-state index is 11.3. The van der Waals surface area contributed by atoms with Crippen LogP contribution in [0.4, 0.5) is 0 Å². The normalized spacial score (nSPS) is 12.4. The molecule has 3 nitrogen and oxygen atoms in total. The summed E-state index contributed by atoms with van der Waals surface area (Å²) in [5.74, 6) is 0.461. The van der Waals surface area contributed by atoms with Crippen LogP contribution in [-0.2, 0) is 9.53 Å². The number of carbonyl (C=O) groups excluding carboxylic acids is 1. The van der Waals surface area contributed by atoms with E-state index in [1.54, 1.807) is 0 Å². The zero-order valence-electron chi connectivity index (χ0n) is 11.9. The van der Waals surface area contributed by atoms with E-state index in [-0.39, 0.29) is 12.0 Å². The number of hydrogen-bond acceptors (Lipinski definition) is 3. The third-order valence-electron chi connectivity index (χ3n) is 2.48. The summed E-state index contributed by atoms with van der Waals surface area (Å²) in [6, 6.07) is 0.267. The fourth-order valence-corrected chi connectivity index (χ4v) is 1.36. The molecule has 100 valence electrons. The van der Waals surface area contributed by atoms with Crippen molar-refractivity contribution in [3.63, 3.8) is 0 Å². The van der Waals surface area contributed by atoms with Crippen molar-refractivity contribution in [2.45, 2.75) is 53.5 Å². The van der Waals surface area contributed by atoms with E-state index in [0.29, 0.717) is 12.5 Å². The minimum atomic E-state index is -0.242. The van der Waals surface area contributed by atoms with Crippen LogP contribution < -0.4 is 5.32 Å². The van der Waals surface area contributed by atoms with Crippen molar-refractivity contribution >= 4 is 5.97 Å². The lowest BCUT2D eigenvalue weighted by atomic mass is 10.1. The molecular weight excluding hydrogens is 214 g/mol. The van der Waals surface area contributed by atoms with Crippen LogP contribution in [0.15, 0.2) is 11.6 Å². The molecule has 0 fully saturated rings. The summed E-state index contributed by atoms with van der Waals surface area (Å²) in [5, 5.41) is 3.41. The Morgan fingerprint density at radius 3 is 2.47 bits per heavy atom. The third kappa shape index (κ3) is 10.1. The first-order valence-electron chi connectivity index (χ1n) is 6.50. The zero-order valence-corrected chi connectivity index (χ0v) is 11.9. The number of nitrogens with one attached hydrogen (secondary N) is 1. The summed E-state index contributed by atoms with van der Waals surface area (Å²) in [7, 11) is 0. The van der Waals surface area contributed by atoms with E-state index in [9.17, 15) is 4.79 Å². The van der Waals surface area contributed by atoms with Crippen LogP contribution in [0.25, 0.3) is 0 Å². The molecule has 0 bridgehead atoms. The van der Waals surface area contributed by atoms with Crippen molar-refractivity contribution in [3.8, 4) is 0 Å². The first-order valence-corrected chi connectivity index (χ1v) is 6.50. The van der Waals surface area contributed by atoms with E-state index >= 15 is 0 Å². The summed E-state index contributed by atoms with van der Waals surface area (Å²) >= 11 is 0. The van der Waals surface area contributed by atoms with Crippen molar-refractivity contribution in [2.75, 3.05) is 13.2 Å². The van der Waals surface area contributed by atoms with Crippen molar-refractivity contribution in [1.29, 1.82) is 0 Å². The Hall–Kier alpha value is -0.830. The predicted molar refractivity (Wildman–Crippen MR) is 71.9 cm³/mol. The van der Waals surface area contributed by atoms with E-state index in [4.69, 9.17) is 4.74 Å². The Bertz CT molecular complexity index is 243. The first-order chi connectivity index (χ1) is 7.95. The number of ether oxygens (including phenoxy) is 1. The number of rotatable bonds is 8. The number of carbonyl (C=O) groups is 1. The minimum Gasteiger partial charge on any atom is -0.461 e. The lowest BCUT2D eigenvalue weighted by Crippen LogP contribution is -2.34. The van der Waals surface area contributed by atoms with Gasteiger partial charge in [-0.3, -0.25) is 0 Å². The van der Waals surface area contributed by atoms with Crippen LogP contribution in [0.5, 0.6) is 0 Å². The second-order valence-electron chi connectivity index (χ2n) is 5.09. The van der Waals surface area contributed by atoms with Crippen LogP contribution in [0.3, 0.4) is 0 Å². The molecule has 0 aromatic heterocycles. The lowest BCUT2D eigenvalue weighted by molar-refractivity contribution is -0.138. The molecule has 0 aliphatic rings. The molecule has 0 aliphatic heterocycles. The van der Waals surface area contributed by atoms with Gasteiger partial charge in [0.05, 0.1) is 0 Å². The second-order valence-corrected chi connectivity index (χ2v) is 5.09. The minimum absolute atomic E-state index is 0.242. The molecule has 0 saturated heterocycles. The van der Waals surface area contributed by atoms with Crippen LogP contribution in [0, 0.1) is 5.92 Å². The molecule has 1 N–H and O–H groups in total. The highest BCUT2D eigenvalue weighted by molar-refractivity contribution is 5.82. The van der Waals surface area contributed by atoms with E-state index in [1.165, 1.54) is 6.08 Å². The predicted octanol–water partition coefficient (Wildman–Crippen LogP) is 2.91. The second kappa shape index (κ2) is 9.23. The summed E-state index contributed by atoms with van der Waals surface area (Å²) in [6.07, 6.45) is 3.65. The summed E-state index contributed by atoms with van der Waals surface area (Å²) in [5.41, 5.74) is 0.968. The third-order valence-corrected chi connectivity index (χ3v) is 2.48. The standard InChI is InChI=1S/C14H27NO2/c1-6-13(15-8-7-11(2)3)10-17-14(16)9-12(4)5/h9,11,13,15H,6-8,10H2,1-5H3.